The Morgan fingerprint density at radius 3 is 1.70 bits per heavy atom. The third-order valence-corrected chi connectivity index (χ3v) is 10.8. The molecule has 286 valence electrons. The zero-order valence-electron chi connectivity index (χ0n) is 31.6. The summed E-state index contributed by atoms with van der Waals surface area (Å²) in [7, 11) is 0. The van der Waals surface area contributed by atoms with E-state index in [4.69, 9.17) is 9.47 Å². The molecule has 0 radical (unpaired) electrons. The van der Waals surface area contributed by atoms with E-state index in [0.29, 0.717) is 0 Å². The number of carbonyl (C=O) groups excluding carboxylic acids is 3. The SMILES string of the molecule is C[C@@H]1OC(C)(C)N(C(=O)[C@H](CCC(=O)NC(c2ccccc2)(c2ccccc2)c2ccccc2)NC(=O)OCC2c3ccccc3-c3ccccc32)[C@@H]1C(=O)O. The molecule has 7 rings (SSSR count). The van der Waals surface area contributed by atoms with Gasteiger partial charge in [0.25, 0.3) is 0 Å². The fourth-order valence-electron chi connectivity index (χ4n) is 8.37. The predicted molar refractivity (Wildman–Crippen MR) is 211 cm³/mol. The van der Waals surface area contributed by atoms with Crippen molar-refractivity contribution in [3.63, 3.8) is 0 Å². The predicted octanol–water partition coefficient (Wildman–Crippen LogP) is 7.22. The van der Waals surface area contributed by atoms with Gasteiger partial charge in [-0.15, -0.1) is 0 Å². The second kappa shape index (κ2) is 15.8. The third kappa shape index (κ3) is 7.27. The van der Waals surface area contributed by atoms with Crippen LogP contribution in [0.5, 0.6) is 0 Å². The largest absolute Gasteiger partial charge is 0.480 e. The highest BCUT2D eigenvalue weighted by atomic mass is 16.6. The highest BCUT2D eigenvalue weighted by molar-refractivity contribution is 5.91. The minimum absolute atomic E-state index is 0.00209. The first-order valence-electron chi connectivity index (χ1n) is 18.8. The van der Waals surface area contributed by atoms with E-state index >= 15 is 0 Å². The average Bonchev–Trinajstić information content (AvgIpc) is 3.67. The summed E-state index contributed by atoms with van der Waals surface area (Å²) in [5.41, 5.74) is 4.25. The van der Waals surface area contributed by atoms with Crippen LogP contribution in [-0.2, 0) is 29.4 Å². The Labute approximate surface area is 326 Å². The van der Waals surface area contributed by atoms with Crippen LogP contribution >= 0.6 is 0 Å². The molecule has 0 aromatic heterocycles. The Morgan fingerprint density at radius 2 is 1.21 bits per heavy atom. The van der Waals surface area contributed by atoms with Gasteiger partial charge in [-0.25, -0.2) is 9.59 Å². The van der Waals surface area contributed by atoms with Crippen molar-refractivity contribution in [3.05, 3.63) is 167 Å². The Kier molecular flexibility index (Phi) is 10.8. The second-order valence-corrected chi connectivity index (χ2v) is 14.7. The molecule has 5 aromatic rings. The first-order chi connectivity index (χ1) is 27.0. The molecule has 10 nitrogen and oxygen atoms in total. The van der Waals surface area contributed by atoms with E-state index in [1.165, 1.54) is 0 Å². The number of carboxylic acid groups (broad SMARTS) is 1. The van der Waals surface area contributed by atoms with Crippen molar-refractivity contribution >= 4 is 23.9 Å². The zero-order valence-corrected chi connectivity index (χ0v) is 31.6. The van der Waals surface area contributed by atoms with Gasteiger partial charge in [0.2, 0.25) is 11.8 Å². The molecule has 3 N–H and O–H groups in total. The van der Waals surface area contributed by atoms with Crippen molar-refractivity contribution in [2.45, 2.75) is 69.0 Å². The molecule has 0 unspecified atom stereocenters. The standard InChI is InChI=1S/C46H45N3O7/c1-30-41(43(52)53)49(45(2,3)56-30)42(51)39(47-44(54)55-29-38-36-25-15-13-23-34(36)35-24-14-16-26-37(35)38)27-28-40(50)48-46(31-17-7-4-8-18-31,32-19-9-5-10-20-32)33-21-11-6-12-22-33/h4-26,30,38-39,41H,27-29H2,1-3H3,(H,47,54)(H,48,50)(H,52,53)/t30-,39-,41-/m0/s1. The van der Waals surface area contributed by atoms with Crippen LogP contribution in [0.25, 0.3) is 11.1 Å². The molecule has 10 heteroatoms. The summed E-state index contributed by atoms with van der Waals surface area (Å²) < 4.78 is 11.8. The maximum Gasteiger partial charge on any atom is 0.407 e. The Hall–Kier alpha value is -6.26. The molecule has 0 saturated carbocycles. The molecule has 1 aliphatic carbocycles. The van der Waals surface area contributed by atoms with E-state index in [2.05, 4.69) is 10.6 Å². The molecule has 1 fully saturated rings. The molecular formula is C46H45N3O7. The molecule has 0 spiro atoms. The topological polar surface area (TPSA) is 134 Å². The smallest absolute Gasteiger partial charge is 0.407 e. The van der Waals surface area contributed by atoms with Gasteiger partial charge in [0.05, 0.1) is 6.10 Å². The number of carboxylic acids is 1. The fraction of sp³-hybridized carbons (Fsp3) is 0.261. The number of nitrogens with zero attached hydrogens (tertiary/aromatic N) is 1. The van der Waals surface area contributed by atoms with Crippen LogP contribution in [0.1, 0.15) is 67.3 Å². The van der Waals surface area contributed by atoms with Crippen molar-refractivity contribution in [3.8, 4) is 11.1 Å². The number of benzene rings is 5. The van der Waals surface area contributed by atoms with E-state index in [0.717, 1.165) is 43.8 Å². The van der Waals surface area contributed by atoms with Crippen molar-refractivity contribution in [1.29, 1.82) is 0 Å². The summed E-state index contributed by atoms with van der Waals surface area (Å²) in [6.45, 7) is 4.80. The van der Waals surface area contributed by atoms with Gasteiger partial charge in [-0.2, -0.15) is 0 Å². The summed E-state index contributed by atoms with van der Waals surface area (Å²) in [6.07, 6.45) is -2.04. The number of hydrogen-bond acceptors (Lipinski definition) is 6. The van der Waals surface area contributed by atoms with Gasteiger partial charge in [-0.1, -0.05) is 140 Å². The van der Waals surface area contributed by atoms with Gasteiger partial charge >= 0.3 is 12.1 Å². The zero-order chi connectivity index (χ0) is 39.5. The minimum atomic E-state index is -1.33. The summed E-state index contributed by atoms with van der Waals surface area (Å²) in [5.74, 6) is -2.56. The van der Waals surface area contributed by atoms with Crippen LogP contribution in [0.3, 0.4) is 0 Å². The fourth-order valence-corrected chi connectivity index (χ4v) is 8.37. The number of carbonyl (C=O) groups is 4. The Morgan fingerprint density at radius 1 is 0.750 bits per heavy atom. The molecule has 1 heterocycles. The van der Waals surface area contributed by atoms with E-state index in [9.17, 15) is 24.3 Å². The number of ether oxygens (including phenoxy) is 2. The number of alkyl carbamates (subject to hydrolysis) is 1. The van der Waals surface area contributed by atoms with Gasteiger partial charge in [0.15, 0.2) is 6.04 Å². The van der Waals surface area contributed by atoms with Crippen molar-refractivity contribution in [2.24, 2.45) is 0 Å². The van der Waals surface area contributed by atoms with E-state index in [1.54, 1.807) is 20.8 Å². The van der Waals surface area contributed by atoms with Crippen LogP contribution < -0.4 is 10.6 Å². The molecule has 56 heavy (non-hydrogen) atoms. The van der Waals surface area contributed by atoms with Crippen molar-refractivity contribution < 1.29 is 33.8 Å². The number of hydrogen-bond donors (Lipinski definition) is 3. The maximum atomic E-state index is 14.5. The van der Waals surface area contributed by atoms with Gasteiger partial charge in [-0.05, 0) is 66.1 Å². The first kappa shape index (κ1) is 38.0. The monoisotopic (exact) mass is 751 g/mol. The van der Waals surface area contributed by atoms with Crippen LogP contribution in [0.15, 0.2) is 140 Å². The third-order valence-electron chi connectivity index (χ3n) is 10.8. The first-order valence-corrected chi connectivity index (χ1v) is 18.8. The number of rotatable bonds is 12. The number of amides is 3. The van der Waals surface area contributed by atoms with Gasteiger partial charge in [0, 0.05) is 12.3 Å². The van der Waals surface area contributed by atoms with E-state index in [-0.39, 0.29) is 25.4 Å². The van der Waals surface area contributed by atoms with Crippen LogP contribution in [0.4, 0.5) is 4.79 Å². The molecule has 5 aromatic carbocycles. The normalized spacial score (nSPS) is 17.7. The second-order valence-electron chi connectivity index (χ2n) is 14.7. The van der Waals surface area contributed by atoms with Crippen LogP contribution in [0.2, 0.25) is 0 Å². The van der Waals surface area contributed by atoms with Crippen LogP contribution in [-0.4, -0.2) is 64.4 Å². The molecule has 3 amide bonds. The lowest BCUT2D eigenvalue weighted by Crippen LogP contribution is -2.58. The Balaban J connectivity index is 1.16. The average molecular weight is 752 g/mol. The number of aliphatic carboxylic acids is 1. The molecule has 2 aliphatic rings. The number of fused-ring (bicyclic) bond motifs is 3. The number of nitrogens with one attached hydrogen (secondary N) is 2. The highest BCUT2D eigenvalue weighted by Gasteiger charge is 2.53. The van der Waals surface area contributed by atoms with Gasteiger partial charge in [0.1, 0.15) is 23.9 Å². The molecule has 1 aliphatic heterocycles. The lowest BCUT2D eigenvalue weighted by molar-refractivity contribution is -0.157. The lowest BCUT2D eigenvalue weighted by atomic mass is 9.77. The van der Waals surface area contributed by atoms with Gasteiger partial charge < -0.3 is 25.2 Å². The van der Waals surface area contributed by atoms with E-state index in [1.807, 2.05) is 140 Å². The molecular weight excluding hydrogens is 707 g/mol. The minimum Gasteiger partial charge on any atom is -0.480 e. The molecule has 3 atom stereocenters. The molecule has 1 saturated heterocycles. The summed E-state index contributed by atoms with van der Waals surface area (Å²) in [6, 6.07) is 42.2. The van der Waals surface area contributed by atoms with Crippen LogP contribution in [0, 0.1) is 0 Å². The summed E-state index contributed by atoms with van der Waals surface area (Å²) in [5, 5.41) is 16.2. The molecule has 0 bridgehead atoms. The van der Waals surface area contributed by atoms with Crippen molar-refractivity contribution in [2.75, 3.05) is 6.61 Å². The quantitative estimate of drug-likeness (QED) is 0.115. The summed E-state index contributed by atoms with van der Waals surface area (Å²) in [4.78, 5) is 56.1. The highest BCUT2D eigenvalue weighted by Crippen LogP contribution is 2.44. The van der Waals surface area contributed by atoms with E-state index < -0.39 is 53.3 Å². The summed E-state index contributed by atoms with van der Waals surface area (Å²) >= 11 is 0. The van der Waals surface area contributed by atoms with Gasteiger partial charge in [-0.3, -0.25) is 14.5 Å². The lowest BCUT2D eigenvalue weighted by Gasteiger charge is -2.37. The Bertz CT molecular complexity index is 2070. The maximum absolute atomic E-state index is 14.5. The van der Waals surface area contributed by atoms with Crippen molar-refractivity contribution in [1.82, 2.24) is 15.5 Å².